The number of nitrogens with one attached hydrogen (secondary N) is 1. The Labute approximate surface area is 206 Å². The lowest BCUT2D eigenvalue weighted by molar-refractivity contribution is -0.271. The van der Waals surface area contributed by atoms with Crippen molar-refractivity contribution in [1.82, 2.24) is 10.2 Å². The topological polar surface area (TPSA) is 67.9 Å². The summed E-state index contributed by atoms with van der Waals surface area (Å²) in [5.74, 6) is -1.70. The van der Waals surface area contributed by atoms with Gasteiger partial charge >= 0.3 is 6.18 Å². The van der Waals surface area contributed by atoms with Crippen LogP contribution in [0.15, 0.2) is 48.5 Å². The van der Waals surface area contributed by atoms with Gasteiger partial charge in [-0.1, -0.05) is 30.3 Å². The number of carbonyl (C=O) groups excluding carboxylic acids is 2. The maximum Gasteiger partial charge on any atom is 0.430 e. The number of nitrogens with zero attached hydrogens (tertiary/aromatic N) is 1. The van der Waals surface area contributed by atoms with Gasteiger partial charge in [-0.2, -0.15) is 13.2 Å². The maximum absolute atomic E-state index is 14.4. The Morgan fingerprint density at radius 3 is 2.33 bits per heavy atom. The van der Waals surface area contributed by atoms with Gasteiger partial charge in [0.15, 0.2) is 0 Å². The summed E-state index contributed by atoms with van der Waals surface area (Å²) in [6.45, 7) is 0.226. The first kappa shape index (κ1) is 25.9. The fraction of sp³-hybridized carbons (Fsp3) is 0.462. The van der Waals surface area contributed by atoms with Crippen LogP contribution < -0.4 is 10.1 Å². The highest BCUT2D eigenvalue weighted by Crippen LogP contribution is 2.52. The first-order valence-electron chi connectivity index (χ1n) is 11.6. The van der Waals surface area contributed by atoms with Crippen molar-refractivity contribution in [3.63, 3.8) is 0 Å². The molecule has 194 valence electrons. The van der Waals surface area contributed by atoms with Gasteiger partial charge in [-0.25, -0.2) is 4.39 Å². The van der Waals surface area contributed by atoms with Gasteiger partial charge in [0, 0.05) is 50.2 Å². The van der Waals surface area contributed by atoms with Gasteiger partial charge in [0.2, 0.25) is 5.91 Å². The molecule has 0 aromatic heterocycles. The molecule has 2 aromatic carbocycles. The van der Waals surface area contributed by atoms with Crippen LogP contribution in [0.1, 0.15) is 36.3 Å². The van der Waals surface area contributed by atoms with Crippen molar-refractivity contribution < 1.29 is 36.6 Å². The number of benzene rings is 2. The highest BCUT2D eigenvalue weighted by molar-refractivity contribution is 5.88. The zero-order valence-corrected chi connectivity index (χ0v) is 20.0. The predicted molar refractivity (Wildman–Crippen MR) is 123 cm³/mol. The molecule has 2 saturated heterocycles. The molecule has 36 heavy (non-hydrogen) atoms. The Morgan fingerprint density at radius 2 is 1.75 bits per heavy atom. The molecule has 0 bridgehead atoms. The molecule has 0 radical (unpaired) electrons. The Balaban J connectivity index is 1.65. The number of alkyl halides is 3. The van der Waals surface area contributed by atoms with E-state index in [0.29, 0.717) is 11.3 Å². The predicted octanol–water partition coefficient (Wildman–Crippen LogP) is 4.15. The van der Waals surface area contributed by atoms with Crippen LogP contribution in [0.3, 0.4) is 0 Å². The van der Waals surface area contributed by atoms with Crippen molar-refractivity contribution in [3.8, 4) is 5.75 Å². The van der Waals surface area contributed by atoms with Crippen LogP contribution in [0.25, 0.3) is 0 Å². The van der Waals surface area contributed by atoms with E-state index in [1.54, 1.807) is 6.07 Å². The number of hydrogen-bond acceptors (Lipinski definition) is 4. The fourth-order valence-electron chi connectivity index (χ4n) is 5.66. The molecule has 10 heteroatoms. The third-order valence-electron chi connectivity index (χ3n) is 7.56. The van der Waals surface area contributed by atoms with E-state index in [1.165, 1.54) is 49.6 Å². The molecule has 0 saturated carbocycles. The van der Waals surface area contributed by atoms with Crippen LogP contribution in [-0.4, -0.2) is 56.7 Å². The number of piperidine rings is 2. The minimum atomic E-state index is -5.00. The molecule has 2 heterocycles. The number of carbonyl (C=O) groups is 2. The van der Waals surface area contributed by atoms with Crippen molar-refractivity contribution in [2.45, 2.75) is 37.0 Å². The van der Waals surface area contributed by atoms with E-state index in [0.717, 1.165) is 12.0 Å². The maximum atomic E-state index is 14.4. The fourth-order valence-corrected chi connectivity index (χ4v) is 5.66. The van der Waals surface area contributed by atoms with Crippen molar-refractivity contribution >= 4 is 11.8 Å². The molecule has 2 fully saturated rings. The largest absolute Gasteiger partial charge is 0.496 e. The summed E-state index contributed by atoms with van der Waals surface area (Å²) in [6.07, 6.45) is -4.35. The summed E-state index contributed by atoms with van der Waals surface area (Å²) in [4.78, 5) is 27.0. The lowest BCUT2D eigenvalue weighted by Crippen LogP contribution is -2.60. The van der Waals surface area contributed by atoms with Gasteiger partial charge in [-0.15, -0.1) is 0 Å². The molecule has 2 amide bonds. The Morgan fingerprint density at radius 1 is 1.08 bits per heavy atom. The van der Waals surface area contributed by atoms with Gasteiger partial charge in [-0.05, 0) is 36.5 Å². The van der Waals surface area contributed by atoms with Gasteiger partial charge in [0.25, 0.3) is 11.5 Å². The van der Waals surface area contributed by atoms with E-state index in [2.05, 4.69) is 5.32 Å². The molecular weight excluding hydrogens is 480 g/mol. The molecular formula is C26H28F4N2O4. The quantitative estimate of drug-likeness (QED) is 0.617. The number of likely N-dealkylation sites (tertiary alicyclic amines) is 1. The molecule has 2 atom stereocenters. The molecule has 2 aromatic rings. The zero-order chi connectivity index (χ0) is 26.1. The van der Waals surface area contributed by atoms with Gasteiger partial charge in [-0.3, -0.25) is 9.59 Å². The average Bonchev–Trinajstić information content (AvgIpc) is 2.85. The smallest absolute Gasteiger partial charge is 0.430 e. The summed E-state index contributed by atoms with van der Waals surface area (Å²) in [7, 11) is 2.35. The summed E-state index contributed by atoms with van der Waals surface area (Å²) in [6, 6.07) is 11.0. The number of rotatable bonds is 5. The van der Waals surface area contributed by atoms with Crippen molar-refractivity contribution in [2.24, 2.45) is 5.41 Å². The summed E-state index contributed by atoms with van der Waals surface area (Å²) < 4.78 is 67.7. The van der Waals surface area contributed by atoms with Crippen LogP contribution >= 0.6 is 0 Å². The van der Waals surface area contributed by atoms with E-state index < -0.39 is 28.9 Å². The monoisotopic (exact) mass is 508 g/mol. The molecule has 6 nitrogen and oxygen atoms in total. The van der Waals surface area contributed by atoms with Crippen LogP contribution in [0.5, 0.6) is 5.75 Å². The summed E-state index contributed by atoms with van der Waals surface area (Å²) in [5.41, 5.74) is -3.53. The molecule has 2 aliphatic heterocycles. The summed E-state index contributed by atoms with van der Waals surface area (Å²) in [5, 5.41) is 2.82. The van der Waals surface area contributed by atoms with Crippen molar-refractivity contribution in [3.05, 3.63) is 65.5 Å². The molecule has 1 spiro atoms. The number of amides is 2. The number of ether oxygens (including phenoxy) is 2. The minimum Gasteiger partial charge on any atom is -0.496 e. The van der Waals surface area contributed by atoms with Crippen molar-refractivity contribution in [2.75, 3.05) is 33.9 Å². The number of hydrogen-bond donors (Lipinski definition) is 1. The van der Waals surface area contributed by atoms with Crippen molar-refractivity contribution in [1.29, 1.82) is 0 Å². The minimum absolute atomic E-state index is 0.00569. The van der Waals surface area contributed by atoms with E-state index in [-0.39, 0.29) is 56.3 Å². The van der Waals surface area contributed by atoms with Crippen LogP contribution in [0.4, 0.5) is 17.6 Å². The van der Waals surface area contributed by atoms with Gasteiger partial charge in [0.05, 0.1) is 7.11 Å². The third kappa shape index (κ3) is 4.31. The lowest BCUT2D eigenvalue weighted by atomic mass is 9.62. The van der Waals surface area contributed by atoms with Gasteiger partial charge in [0.1, 0.15) is 11.6 Å². The third-order valence-corrected chi connectivity index (χ3v) is 7.56. The second-order valence-corrected chi connectivity index (χ2v) is 9.32. The second kappa shape index (κ2) is 9.72. The van der Waals surface area contributed by atoms with Gasteiger partial charge < -0.3 is 19.7 Å². The second-order valence-electron chi connectivity index (χ2n) is 9.32. The highest BCUT2D eigenvalue weighted by Gasteiger charge is 2.64. The van der Waals surface area contributed by atoms with Crippen LogP contribution in [0, 0.1) is 11.2 Å². The van der Waals surface area contributed by atoms with Crippen LogP contribution in [-0.2, 0) is 19.9 Å². The molecule has 2 aliphatic rings. The molecule has 0 unspecified atom stereocenters. The first-order chi connectivity index (χ1) is 17.1. The van der Waals surface area contributed by atoms with E-state index in [1.807, 2.05) is 0 Å². The normalized spacial score (nSPS) is 21.6. The first-order valence-corrected chi connectivity index (χ1v) is 11.6. The molecule has 4 rings (SSSR count). The SMILES string of the molecule is COc1ccc(F)cc1[C@H]1CNC(=O)CC12CCN(C(=O)[C@](OC)(c1ccccc1)C(F)(F)F)CC2. The summed E-state index contributed by atoms with van der Waals surface area (Å²) >= 11 is 0. The van der Waals surface area contributed by atoms with E-state index in [9.17, 15) is 27.2 Å². The average molecular weight is 509 g/mol. The highest BCUT2D eigenvalue weighted by atomic mass is 19.4. The molecule has 0 aliphatic carbocycles. The number of methoxy groups -OCH3 is 2. The standard InChI is InChI=1S/C26H28F4N2O4/c1-35-21-9-8-18(27)14-19(21)20-16-31-22(33)15-24(20)10-12-32(13-11-24)23(34)25(36-2,26(28,29)30)17-6-4-3-5-7-17/h3-9,14,20H,10-13,15-16H2,1-2H3,(H,31,33)/t20-,25-/m1/s1. The Bertz CT molecular complexity index is 1120. The van der Waals surface area contributed by atoms with E-state index >= 15 is 0 Å². The van der Waals surface area contributed by atoms with E-state index in [4.69, 9.17) is 9.47 Å². The Hall–Kier alpha value is -3.14. The Kier molecular flexibility index (Phi) is 7.01. The molecule has 1 N–H and O–H groups in total. The zero-order valence-electron chi connectivity index (χ0n) is 20.0. The lowest BCUT2D eigenvalue weighted by Gasteiger charge is -2.50. The number of halogens is 4. The van der Waals surface area contributed by atoms with Crippen LogP contribution in [0.2, 0.25) is 0 Å².